The van der Waals surface area contributed by atoms with Crippen LogP contribution in [0, 0.1) is 12.7 Å². The zero-order valence-corrected chi connectivity index (χ0v) is 20.4. The molecule has 0 bridgehead atoms. The van der Waals surface area contributed by atoms with Crippen molar-refractivity contribution in [3.05, 3.63) is 53.3 Å². The van der Waals surface area contributed by atoms with E-state index in [1.807, 2.05) is 6.92 Å². The third-order valence-electron chi connectivity index (χ3n) is 5.82. The first-order valence-corrected chi connectivity index (χ1v) is 12.5. The summed E-state index contributed by atoms with van der Waals surface area (Å²) in [5.41, 5.74) is 0.622. The molecular formula is C24H29FN2O6S. The van der Waals surface area contributed by atoms with E-state index >= 15 is 0 Å². The molecule has 1 amide bonds. The predicted octanol–water partition coefficient (Wildman–Crippen LogP) is 3.89. The minimum atomic E-state index is -3.92. The summed E-state index contributed by atoms with van der Waals surface area (Å²) in [5.74, 6) is -1.89. The van der Waals surface area contributed by atoms with E-state index in [9.17, 15) is 22.4 Å². The van der Waals surface area contributed by atoms with E-state index < -0.39 is 33.8 Å². The van der Waals surface area contributed by atoms with Gasteiger partial charge < -0.3 is 14.8 Å². The summed E-state index contributed by atoms with van der Waals surface area (Å²) in [6.07, 6.45) is 1.25. The molecule has 0 saturated carbocycles. The van der Waals surface area contributed by atoms with Crippen LogP contribution in [0.5, 0.6) is 5.75 Å². The Morgan fingerprint density at radius 3 is 2.56 bits per heavy atom. The van der Waals surface area contributed by atoms with Crippen LogP contribution in [-0.2, 0) is 19.6 Å². The number of rotatable bonds is 7. The molecule has 0 aliphatic carbocycles. The molecule has 184 valence electrons. The number of ether oxygens (including phenoxy) is 2. The van der Waals surface area contributed by atoms with E-state index in [1.165, 1.54) is 54.7 Å². The highest BCUT2D eigenvalue weighted by Gasteiger charge is 2.34. The normalized spacial score (nSPS) is 17.6. The lowest BCUT2D eigenvalue weighted by Gasteiger charge is -2.32. The quantitative estimate of drug-likeness (QED) is 0.589. The molecule has 0 aromatic heterocycles. The topological polar surface area (TPSA) is 102 Å². The summed E-state index contributed by atoms with van der Waals surface area (Å²) < 4.78 is 52.3. The van der Waals surface area contributed by atoms with E-state index in [0.29, 0.717) is 12.1 Å². The second-order valence-electron chi connectivity index (χ2n) is 8.33. The van der Waals surface area contributed by atoms with Crippen LogP contribution in [0.1, 0.15) is 49.0 Å². The van der Waals surface area contributed by atoms with Gasteiger partial charge in [-0.05, 0) is 69.5 Å². The number of benzene rings is 2. The number of sulfonamides is 1. The van der Waals surface area contributed by atoms with Crippen molar-refractivity contribution in [3.8, 4) is 5.75 Å². The number of amides is 1. The molecule has 1 aliphatic rings. The van der Waals surface area contributed by atoms with Crippen LogP contribution in [-0.4, -0.2) is 50.4 Å². The molecule has 0 spiro atoms. The van der Waals surface area contributed by atoms with Gasteiger partial charge in [0.05, 0.1) is 12.7 Å². The second-order valence-corrected chi connectivity index (χ2v) is 10.2. The summed E-state index contributed by atoms with van der Waals surface area (Å²) in [4.78, 5) is 25.0. The highest BCUT2D eigenvalue weighted by molar-refractivity contribution is 7.89. The third kappa shape index (κ3) is 5.56. The first-order valence-electron chi connectivity index (χ1n) is 11.0. The van der Waals surface area contributed by atoms with Crippen molar-refractivity contribution in [1.29, 1.82) is 0 Å². The van der Waals surface area contributed by atoms with Crippen molar-refractivity contribution in [2.24, 2.45) is 0 Å². The minimum absolute atomic E-state index is 0.0370. The zero-order chi connectivity index (χ0) is 25.0. The molecule has 0 unspecified atom stereocenters. The maximum absolute atomic E-state index is 13.7. The van der Waals surface area contributed by atoms with Crippen molar-refractivity contribution in [2.75, 3.05) is 19.0 Å². The highest BCUT2D eigenvalue weighted by atomic mass is 32.2. The van der Waals surface area contributed by atoms with E-state index in [4.69, 9.17) is 9.47 Å². The van der Waals surface area contributed by atoms with Crippen LogP contribution in [0.2, 0.25) is 0 Å². The van der Waals surface area contributed by atoms with E-state index in [2.05, 4.69) is 5.32 Å². The molecule has 2 aromatic carbocycles. The molecule has 34 heavy (non-hydrogen) atoms. The number of piperidine rings is 1. The molecular weight excluding hydrogens is 463 g/mol. The van der Waals surface area contributed by atoms with Crippen LogP contribution in [0.15, 0.2) is 41.3 Å². The summed E-state index contributed by atoms with van der Waals surface area (Å²) in [6.45, 7) is 5.20. The Morgan fingerprint density at radius 2 is 1.91 bits per heavy atom. The van der Waals surface area contributed by atoms with Crippen molar-refractivity contribution in [3.63, 3.8) is 0 Å². The predicted molar refractivity (Wildman–Crippen MR) is 125 cm³/mol. The Bertz CT molecular complexity index is 1180. The van der Waals surface area contributed by atoms with Gasteiger partial charge in [0, 0.05) is 18.3 Å². The van der Waals surface area contributed by atoms with Gasteiger partial charge in [0.25, 0.3) is 5.91 Å². The number of carbonyl (C=O) groups excluding carboxylic acids is 2. The lowest BCUT2D eigenvalue weighted by atomic mass is 10.1. The molecule has 0 radical (unpaired) electrons. The summed E-state index contributed by atoms with van der Waals surface area (Å²) >= 11 is 0. The molecule has 10 heteroatoms. The fourth-order valence-electron chi connectivity index (χ4n) is 3.76. The van der Waals surface area contributed by atoms with Crippen molar-refractivity contribution in [1.82, 2.24) is 4.31 Å². The van der Waals surface area contributed by atoms with E-state index in [1.54, 1.807) is 6.92 Å². The number of hydrogen-bond donors (Lipinski definition) is 1. The zero-order valence-electron chi connectivity index (χ0n) is 19.6. The molecule has 2 aromatic rings. The standard InChI is InChI=1S/C24H29FN2O6S/c1-15-8-10-19(14-20(15)25)26-23(28)17(3)33-24(29)18-9-11-21(32-4)22(13-18)34(30,31)27-12-6-5-7-16(27)2/h8-11,13-14,16-17H,5-7,12H2,1-4H3,(H,26,28)/t16-,17+/m0/s1. The van der Waals surface area contributed by atoms with Gasteiger partial charge in [-0.15, -0.1) is 0 Å². The average molecular weight is 493 g/mol. The lowest BCUT2D eigenvalue weighted by Crippen LogP contribution is -2.42. The Hall–Kier alpha value is -2.98. The number of halogens is 1. The van der Waals surface area contributed by atoms with Crippen molar-refractivity contribution < 1.29 is 31.9 Å². The monoisotopic (exact) mass is 492 g/mol. The van der Waals surface area contributed by atoms with Gasteiger partial charge in [-0.25, -0.2) is 17.6 Å². The molecule has 1 aliphatic heterocycles. The van der Waals surface area contributed by atoms with Crippen LogP contribution in [0.25, 0.3) is 0 Å². The van der Waals surface area contributed by atoms with Gasteiger partial charge in [0.1, 0.15) is 16.5 Å². The highest BCUT2D eigenvalue weighted by Crippen LogP contribution is 2.32. The molecule has 1 heterocycles. The molecule has 1 N–H and O–H groups in total. The lowest BCUT2D eigenvalue weighted by molar-refractivity contribution is -0.123. The number of aryl methyl sites for hydroxylation is 1. The fourth-order valence-corrected chi connectivity index (χ4v) is 5.64. The maximum Gasteiger partial charge on any atom is 0.338 e. The number of anilines is 1. The van der Waals surface area contributed by atoms with Gasteiger partial charge in [-0.1, -0.05) is 12.5 Å². The molecule has 1 saturated heterocycles. The number of hydrogen-bond acceptors (Lipinski definition) is 6. The average Bonchev–Trinajstić information content (AvgIpc) is 2.81. The number of methoxy groups -OCH3 is 1. The Balaban J connectivity index is 1.78. The number of nitrogens with zero attached hydrogens (tertiary/aromatic N) is 1. The van der Waals surface area contributed by atoms with Gasteiger partial charge in [0.2, 0.25) is 10.0 Å². The first kappa shape index (κ1) is 25.6. The molecule has 2 atom stereocenters. The Labute approximate surface area is 199 Å². The van der Waals surface area contributed by atoms with Crippen LogP contribution < -0.4 is 10.1 Å². The number of nitrogens with one attached hydrogen (secondary N) is 1. The van der Waals surface area contributed by atoms with E-state index in [0.717, 1.165) is 19.3 Å². The van der Waals surface area contributed by atoms with E-state index in [-0.39, 0.29) is 27.9 Å². The van der Waals surface area contributed by atoms with Crippen molar-refractivity contribution in [2.45, 2.75) is 57.1 Å². The Morgan fingerprint density at radius 1 is 1.18 bits per heavy atom. The van der Waals surface area contributed by atoms with Gasteiger partial charge in [-0.3, -0.25) is 4.79 Å². The second kappa shape index (κ2) is 10.5. The first-order chi connectivity index (χ1) is 16.0. The SMILES string of the molecule is COc1ccc(C(=O)O[C@H](C)C(=O)Nc2ccc(C)c(F)c2)cc1S(=O)(=O)N1CCCC[C@@H]1C. The van der Waals surface area contributed by atoms with Gasteiger partial charge in [0.15, 0.2) is 6.10 Å². The van der Waals surface area contributed by atoms with Crippen LogP contribution in [0.4, 0.5) is 10.1 Å². The van der Waals surface area contributed by atoms with Crippen LogP contribution in [0.3, 0.4) is 0 Å². The fraction of sp³-hybridized carbons (Fsp3) is 0.417. The molecule has 3 rings (SSSR count). The number of carbonyl (C=O) groups is 2. The summed E-state index contributed by atoms with van der Waals surface area (Å²) in [6, 6.07) is 8.02. The molecule has 8 nitrogen and oxygen atoms in total. The maximum atomic E-state index is 13.7. The largest absolute Gasteiger partial charge is 0.495 e. The summed E-state index contributed by atoms with van der Waals surface area (Å²) in [7, 11) is -2.56. The minimum Gasteiger partial charge on any atom is -0.495 e. The summed E-state index contributed by atoms with van der Waals surface area (Å²) in [5, 5.41) is 2.49. The van der Waals surface area contributed by atoms with Gasteiger partial charge in [-0.2, -0.15) is 4.31 Å². The van der Waals surface area contributed by atoms with Crippen molar-refractivity contribution >= 4 is 27.6 Å². The Kier molecular flexibility index (Phi) is 7.93. The third-order valence-corrected chi connectivity index (χ3v) is 7.86. The van der Waals surface area contributed by atoms with Gasteiger partial charge >= 0.3 is 5.97 Å². The smallest absolute Gasteiger partial charge is 0.338 e. The molecule has 1 fully saturated rings. The number of esters is 1. The van der Waals surface area contributed by atoms with Crippen LogP contribution >= 0.6 is 0 Å².